The molecule has 1 heterocycles. The van der Waals surface area contributed by atoms with Crippen molar-refractivity contribution in [3.63, 3.8) is 0 Å². The molecule has 5 heteroatoms. The first-order valence-electron chi connectivity index (χ1n) is 5.86. The molecule has 2 aromatic rings. The zero-order chi connectivity index (χ0) is 12.7. The number of benzene rings is 1. The van der Waals surface area contributed by atoms with Crippen LogP contribution in [0.25, 0.3) is 0 Å². The van der Waals surface area contributed by atoms with Gasteiger partial charge in [0.25, 0.3) is 0 Å². The summed E-state index contributed by atoms with van der Waals surface area (Å²) in [4.78, 5) is 12.0. The standard InChI is InChI=1S/C13H12ClFN2O/c14-12-7-10(15)2-1-9(12)8-16-5-6-17(13(16)18)11-3-4-11/h1-2,5-7,11H,3-4,8H2. The maximum atomic E-state index is 12.9. The molecule has 1 aliphatic carbocycles. The van der Waals surface area contributed by atoms with Crippen molar-refractivity contribution in [2.75, 3.05) is 0 Å². The monoisotopic (exact) mass is 266 g/mol. The molecule has 0 bridgehead atoms. The largest absolute Gasteiger partial charge is 0.328 e. The van der Waals surface area contributed by atoms with Crippen LogP contribution in [0.1, 0.15) is 24.4 Å². The van der Waals surface area contributed by atoms with Crippen LogP contribution in [0.15, 0.2) is 35.4 Å². The summed E-state index contributed by atoms with van der Waals surface area (Å²) in [6.07, 6.45) is 5.69. The van der Waals surface area contributed by atoms with Gasteiger partial charge in [-0.1, -0.05) is 17.7 Å². The summed E-state index contributed by atoms with van der Waals surface area (Å²) >= 11 is 5.95. The second-order valence-corrected chi connectivity index (χ2v) is 4.99. The lowest BCUT2D eigenvalue weighted by Gasteiger charge is -2.04. The van der Waals surface area contributed by atoms with E-state index in [2.05, 4.69) is 0 Å². The van der Waals surface area contributed by atoms with Crippen LogP contribution in [0.4, 0.5) is 4.39 Å². The van der Waals surface area contributed by atoms with E-state index < -0.39 is 0 Å². The summed E-state index contributed by atoms with van der Waals surface area (Å²) < 4.78 is 16.3. The smallest absolute Gasteiger partial charge is 0.296 e. The van der Waals surface area contributed by atoms with E-state index in [-0.39, 0.29) is 11.5 Å². The average Bonchev–Trinajstić information content (AvgIpc) is 3.10. The summed E-state index contributed by atoms with van der Waals surface area (Å²) in [7, 11) is 0. The van der Waals surface area contributed by atoms with Crippen molar-refractivity contribution >= 4 is 11.6 Å². The molecule has 3 nitrogen and oxygen atoms in total. The van der Waals surface area contributed by atoms with Gasteiger partial charge < -0.3 is 0 Å². The van der Waals surface area contributed by atoms with Crippen LogP contribution in [-0.2, 0) is 6.54 Å². The molecule has 0 N–H and O–H groups in total. The first-order chi connectivity index (χ1) is 8.65. The van der Waals surface area contributed by atoms with Gasteiger partial charge in [-0.15, -0.1) is 0 Å². The number of hydrogen-bond donors (Lipinski definition) is 0. The molecule has 18 heavy (non-hydrogen) atoms. The maximum Gasteiger partial charge on any atom is 0.328 e. The fourth-order valence-electron chi connectivity index (χ4n) is 2.01. The quantitative estimate of drug-likeness (QED) is 0.839. The van der Waals surface area contributed by atoms with Gasteiger partial charge in [0.15, 0.2) is 0 Å². The number of aromatic nitrogens is 2. The van der Waals surface area contributed by atoms with Gasteiger partial charge in [-0.25, -0.2) is 9.18 Å². The number of rotatable bonds is 3. The van der Waals surface area contributed by atoms with E-state index in [4.69, 9.17) is 11.6 Å². The van der Waals surface area contributed by atoms with Gasteiger partial charge >= 0.3 is 5.69 Å². The van der Waals surface area contributed by atoms with Crippen LogP contribution in [0.2, 0.25) is 5.02 Å². The zero-order valence-corrected chi connectivity index (χ0v) is 10.4. The van der Waals surface area contributed by atoms with E-state index in [1.807, 2.05) is 0 Å². The van der Waals surface area contributed by atoms with Gasteiger partial charge in [-0.05, 0) is 30.5 Å². The van der Waals surface area contributed by atoms with Gasteiger partial charge in [-0.2, -0.15) is 0 Å². The number of nitrogens with zero attached hydrogens (tertiary/aromatic N) is 2. The Bertz CT molecular complexity index is 643. The maximum absolute atomic E-state index is 12.9. The third kappa shape index (κ3) is 2.08. The highest BCUT2D eigenvalue weighted by Crippen LogP contribution is 2.33. The Morgan fingerprint density at radius 2 is 2.11 bits per heavy atom. The minimum Gasteiger partial charge on any atom is -0.296 e. The van der Waals surface area contributed by atoms with E-state index in [9.17, 15) is 9.18 Å². The number of imidazole rings is 1. The van der Waals surface area contributed by atoms with Crippen LogP contribution in [-0.4, -0.2) is 9.13 Å². The molecule has 94 valence electrons. The molecule has 0 radical (unpaired) electrons. The third-order valence-electron chi connectivity index (χ3n) is 3.17. The molecule has 1 aromatic carbocycles. The highest BCUT2D eigenvalue weighted by molar-refractivity contribution is 6.31. The molecule has 3 rings (SSSR count). The Labute approximate surface area is 108 Å². The average molecular weight is 267 g/mol. The molecule has 1 saturated carbocycles. The normalized spacial score (nSPS) is 15.0. The Kier molecular flexibility index (Phi) is 2.74. The summed E-state index contributed by atoms with van der Waals surface area (Å²) in [5, 5.41) is 0.348. The zero-order valence-electron chi connectivity index (χ0n) is 9.64. The third-order valence-corrected chi connectivity index (χ3v) is 3.52. The molecule has 1 aliphatic rings. The lowest BCUT2D eigenvalue weighted by molar-refractivity contribution is 0.624. The second kappa shape index (κ2) is 4.28. The van der Waals surface area contributed by atoms with Crippen molar-refractivity contribution in [2.45, 2.75) is 25.4 Å². The van der Waals surface area contributed by atoms with Gasteiger partial charge in [-0.3, -0.25) is 9.13 Å². The molecule has 0 aliphatic heterocycles. The van der Waals surface area contributed by atoms with Crippen LogP contribution in [0, 0.1) is 5.82 Å². The van der Waals surface area contributed by atoms with E-state index in [1.165, 1.54) is 12.1 Å². The molecule has 0 atom stereocenters. The molecule has 0 saturated heterocycles. The predicted molar refractivity (Wildman–Crippen MR) is 67.5 cm³/mol. The Hall–Kier alpha value is -1.55. The van der Waals surface area contributed by atoms with E-state index in [1.54, 1.807) is 27.6 Å². The minimum absolute atomic E-state index is 0.0297. The van der Waals surface area contributed by atoms with Crippen molar-refractivity contribution in [1.29, 1.82) is 0 Å². The topological polar surface area (TPSA) is 26.9 Å². The van der Waals surface area contributed by atoms with Crippen molar-refractivity contribution in [1.82, 2.24) is 9.13 Å². The van der Waals surface area contributed by atoms with Crippen LogP contribution in [0.3, 0.4) is 0 Å². The number of hydrogen-bond acceptors (Lipinski definition) is 1. The SMILES string of the molecule is O=c1n(Cc2ccc(F)cc2Cl)ccn1C1CC1. The minimum atomic E-state index is -0.369. The molecular formula is C13H12ClFN2O. The van der Waals surface area contributed by atoms with E-state index in [0.29, 0.717) is 17.6 Å². The lowest BCUT2D eigenvalue weighted by Crippen LogP contribution is -2.23. The van der Waals surface area contributed by atoms with Crippen LogP contribution < -0.4 is 5.69 Å². The van der Waals surface area contributed by atoms with E-state index >= 15 is 0 Å². The molecule has 0 amide bonds. The fourth-order valence-corrected chi connectivity index (χ4v) is 2.24. The van der Waals surface area contributed by atoms with Crippen molar-refractivity contribution in [3.8, 4) is 0 Å². The molecule has 1 fully saturated rings. The summed E-state index contributed by atoms with van der Waals surface area (Å²) in [5.41, 5.74) is 0.714. The van der Waals surface area contributed by atoms with Gasteiger partial charge in [0.2, 0.25) is 0 Å². The molecular weight excluding hydrogens is 255 g/mol. The first kappa shape index (κ1) is 11.5. The summed E-state index contributed by atoms with van der Waals surface area (Å²) in [5.74, 6) is -0.369. The van der Waals surface area contributed by atoms with Gasteiger partial charge in [0.05, 0.1) is 6.54 Å². The van der Waals surface area contributed by atoms with Crippen LogP contribution >= 0.6 is 11.6 Å². The predicted octanol–water partition coefficient (Wildman–Crippen LogP) is 2.83. The van der Waals surface area contributed by atoms with Gasteiger partial charge in [0, 0.05) is 23.5 Å². The van der Waals surface area contributed by atoms with Gasteiger partial charge in [0.1, 0.15) is 5.82 Å². The second-order valence-electron chi connectivity index (χ2n) is 4.58. The van der Waals surface area contributed by atoms with Crippen molar-refractivity contribution in [3.05, 3.63) is 57.5 Å². The van der Waals surface area contributed by atoms with Crippen molar-refractivity contribution < 1.29 is 4.39 Å². The number of halogens is 2. The highest BCUT2D eigenvalue weighted by atomic mass is 35.5. The summed E-state index contributed by atoms with van der Waals surface area (Å²) in [6, 6.07) is 4.59. The molecule has 1 aromatic heterocycles. The summed E-state index contributed by atoms with van der Waals surface area (Å²) in [6.45, 7) is 0.373. The fraction of sp³-hybridized carbons (Fsp3) is 0.308. The molecule has 0 unspecified atom stereocenters. The highest BCUT2D eigenvalue weighted by Gasteiger charge is 2.25. The Morgan fingerprint density at radius 1 is 1.33 bits per heavy atom. The molecule has 0 spiro atoms. The van der Waals surface area contributed by atoms with Crippen molar-refractivity contribution in [2.24, 2.45) is 0 Å². The van der Waals surface area contributed by atoms with E-state index in [0.717, 1.165) is 18.4 Å². The van der Waals surface area contributed by atoms with Crippen LogP contribution in [0.5, 0.6) is 0 Å². The lowest BCUT2D eigenvalue weighted by atomic mass is 10.2. The Balaban J connectivity index is 1.90. The Morgan fingerprint density at radius 3 is 2.78 bits per heavy atom. The first-order valence-corrected chi connectivity index (χ1v) is 6.24.